The Bertz CT molecular complexity index is 701. The van der Waals surface area contributed by atoms with Gasteiger partial charge in [0.15, 0.2) is 0 Å². The van der Waals surface area contributed by atoms with Crippen LogP contribution >= 0.6 is 11.3 Å². The van der Waals surface area contributed by atoms with Crippen LogP contribution in [0.2, 0.25) is 0 Å². The predicted octanol–water partition coefficient (Wildman–Crippen LogP) is 2.91. The Morgan fingerprint density at radius 1 is 1.50 bits per heavy atom. The molecule has 1 amide bonds. The number of carbonyl (C=O) groups is 1. The minimum absolute atomic E-state index is 0.0467. The fraction of sp³-hybridized carbons (Fsp3) is 0.444. The van der Waals surface area contributed by atoms with Gasteiger partial charge in [-0.15, -0.1) is 11.3 Å². The first-order valence-corrected chi connectivity index (χ1v) is 9.12. The number of rotatable bonds is 5. The van der Waals surface area contributed by atoms with Crippen LogP contribution < -0.4 is 5.32 Å². The van der Waals surface area contributed by atoms with Crippen LogP contribution in [0.5, 0.6) is 0 Å². The third kappa shape index (κ3) is 4.13. The number of benzene rings is 1. The highest BCUT2D eigenvalue weighted by molar-refractivity contribution is 7.11. The highest BCUT2D eigenvalue weighted by Crippen LogP contribution is 2.20. The first-order chi connectivity index (χ1) is 11.7. The highest BCUT2D eigenvalue weighted by atomic mass is 32.1. The normalized spacial score (nSPS) is 17.8. The van der Waals surface area contributed by atoms with Crippen molar-refractivity contribution in [2.45, 2.75) is 26.3 Å². The van der Waals surface area contributed by atoms with E-state index in [1.165, 1.54) is 4.88 Å². The molecule has 2 N–H and O–H groups in total. The number of thiazole rings is 1. The molecule has 2 heterocycles. The zero-order valence-corrected chi connectivity index (χ0v) is 14.7. The van der Waals surface area contributed by atoms with Crippen LogP contribution in [0.25, 0.3) is 0 Å². The van der Waals surface area contributed by atoms with Crippen LogP contribution in [0.3, 0.4) is 0 Å². The lowest BCUT2D eigenvalue weighted by atomic mass is 9.98. The molecule has 1 aliphatic heterocycles. The van der Waals surface area contributed by atoms with Crippen LogP contribution in [-0.2, 0) is 6.54 Å². The Morgan fingerprint density at radius 3 is 3.12 bits per heavy atom. The zero-order valence-electron chi connectivity index (χ0n) is 13.9. The van der Waals surface area contributed by atoms with Gasteiger partial charge in [-0.25, -0.2) is 4.98 Å². The van der Waals surface area contributed by atoms with E-state index in [-0.39, 0.29) is 18.4 Å². The Balaban J connectivity index is 1.64. The molecule has 1 aromatic carbocycles. The lowest BCUT2D eigenvalue weighted by Crippen LogP contribution is -2.40. The molecule has 128 valence electrons. The number of amides is 1. The summed E-state index contributed by atoms with van der Waals surface area (Å²) in [5, 5.41) is 13.7. The van der Waals surface area contributed by atoms with Crippen molar-refractivity contribution in [1.82, 2.24) is 9.88 Å². The molecular formula is C18H23N3O2S. The predicted molar refractivity (Wildman–Crippen MR) is 96.3 cm³/mol. The standard InChI is InChI=1S/C18H23N3O2S/c1-13-19-9-17(24-13)10-20-16-6-2-5-15(8-16)18(23)21-7-3-4-14(11-21)12-22/h2,5-6,8-9,14,20,22H,3-4,7,10-12H2,1H3. The van der Waals surface area contributed by atoms with Crippen molar-refractivity contribution >= 4 is 22.9 Å². The Hall–Kier alpha value is -1.92. The summed E-state index contributed by atoms with van der Waals surface area (Å²) in [6.45, 7) is 4.27. The van der Waals surface area contributed by atoms with Crippen molar-refractivity contribution in [2.75, 3.05) is 25.0 Å². The molecule has 1 aliphatic rings. The molecule has 0 aliphatic carbocycles. The summed E-state index contributed by atoms with van der Waals surface area (Å²) in [7, 11) is 0. The van der Waals surface area contributed by atoms with E-state index >= 15 is 0 Å². The zero-order chi connectivity index (χ0) is 16.9. The van der Waals surface area contributed by atoms with Crippen LogP contribution in [0, 0.1) is 12.8 Å². The van der Waals surface area contributed by atoms with E-state index in [1.54, 1.807) is 11.3 Å². The maximum atomic E-state index is 12.7. The molecule has 1 saturated heterocycles. The number of piperidine rings is 1. The summed E-state index contributed by atoms with van der Waals surface area (Å²) in [4.78, 5) is 20.0. The van der Waals surface area contributed by atoms with Crippen molar-refractivity contribution in [2.24, 2.45) is 5.92 Å². The summed E-state index contributed by atoms with van der Waals surface area (Å²) in [5.41, 5.74) is 1.63. The van der Waals surface area contributed by atoms with Gasteiger partial charge in [-0.3, -0.25) is 4.79 Å². The summed E-state index contributed by atoms with van der Waals surface area (Å²) in [5.74, 6) is 0.254. The lowest BCUT2D eigenvalue weighted by molar-refractivity contribution is 0.0621. The average molecular weight is 345 g/mol. The number of nitrogens with zero attached hydrogens (tertiary/aromatic N) is 2. The molecule has 2 aromatic rings. The molecule has 0 saturated carbocycles. The number of aromatic nitrogens is 1. The van der Waals surface area contributed by atoms with Gasteiger partial charge in [0, 0.05) is 42.0 Å². The molecule has 0 radical (unpaired) electrons. The molecule has 0 bridgehead atoms. The van der Waals surface area contributed by atoms with E-state index in [0.29, 0.717) is 18.7 Å². The third-order valence-corrected chi connectivity index (χ3v) is 5.22. The van der Waals surface area contributed by atoms with Crippen molar-refractivity contribution < 1.29 is 9.90 Å². The van der Waals surface area contributed by atoms with Gasteiger partial charge in [0.2, 0.25) is 0 Å². The van der Waals surface area contributed by atoms with Crippen molar-refractivity contribution in [3.63, 3.8) is 0 Å². The van der Waals surface area contributed by atoms with Gasteiger partial charge in [-0.1, -0.05) is 6.07 Å². The van der Waals surface area contributed by atoms with Crippen LogP contribution in [0.1, 0.15) is 33.1 Å². The Labute approximate surface area is 146 Å². The molecule has 5 nitrogen and oxygen atoms in total. The fourth-order valence-corrected chi connectivity index (χ4v) is 3.75. The average Bonchev–Trinajstić information content (AvgIpc) is 3.05. The number of anilines is 1. The molecule has 6 heteroatoms. The first kappa shape index (κ1) is 16.9. The fourth-order valence-electron chi connectivity index (χ4n) is 3.02. The van der Waals surface area contributed by atoms with Crippen molar-refractivity contribution in [3.05, 3.63) is 45.9 Å². The number of carbonyl (C=O) groups excluding carboxylic acids is 1. The number of aliphatic hydroxyl groups excluding tert-OH is 1. The Kier molecular flexibility index (Phi) is 5.48. The SMILES string of the molecule is Cc1ncc(CNc2cccc(C(=O)N3CCCC(CO)C3)c2)s1. The van der Waals surface area contributed by atoms with Crippen molar-refractivity contribution in [3.8, 4) is 0 Å². The summed E-state index contributed by atoms with van der Waals surface area (Å²) >= 11 is 1.67. The molecule has 3 rings (SSSR count). The number of likely N-dealkylation sites (tertiary alicyclic amines) is 1. The number of nitrogens with one attached hydrogen (secondary N) is 1. The van der Waals surface area contributed by atoms with E-state index in [0.717, 1.165) is 30.1 Å². The molecule has 1 fully saturated rings. The monoisotopic (exact) mass is 345 g/mol. The van der Waals surface area contributed by atoms with Gasteiger partial charge in [0.25, 0.3) is 5.91 Å². The molecule has 1 atom stereocenters. The van der Waals surface area contributed by atoms with Gasteiger partial charge in [-0.2, -0.15) is 0 Å². The number of hydrogen-bond acceptors (Lipinski definition) is 5. The number of aryl methyl sites for hydroxylation is 1. The summed E-state index contributed by atoms with van der Waals surface area (Å²) in [6.07, 6.45) is 3.83. The Morgan fingerprint density at radius 2 is 2.38 bits per heavy atom. The van der Waals surface area contributed by atoms with Gasteiger partial charge in [-0.05, 0) is 43.9 Å². The van der Waals surface area contributed by atoms with Crippen LogP contribution in [0.15, 0.2) is 30.5 Å². The number of aliphatic hydroxyl groups is 1. The molecule has 0 spiro atoms. The van der Waals surface area contributed by atoms with E-state index in [2.05, 4.69) is 10.3 Å². The smallest absolute Gasteiger partial charge is 0.253 e. The summed E-state index contributed by atoms with van der Waals surface area (Å²) in [6, 6.07) is 7.63. The van der Waals surface area contributed by atoms with E-state index < -0.39 is 0 Å². The van der Waals surface area contributed by atoms with E-state index in [9.17, 15) is 9.90 Å². The largest absolute Gasteiger partial charge is 0.396 e. The second-order valence-electron chi connectivity index (χ2n) is 6.22. The lowest BCUT2D eigenvalue weighted by Gasteiger charge is -2.32. The maximum absolute atomic E-state index is 12.7. The maximum Gasteiger partial charge on any atom is 0.253 e. The van der Waals surface area contributed by atoms with Crippen LogP contribution in [0.4, 0.5) is 5.69 Å². The highest BCUT2D eigenvalue weighted by Gasteiger charge is 2.24. The quantitative estimate of drug-likeness (QED) is 0.874. The van der Waals surface area contributed by atoms with Gasteiger partial charge >= 0.3 is 0 Å². The first-order valence-electron chi connectivity index (χ1n) is 8.31. The topological polar surface area (TPSA) is 65.5 Å². The summed E-state index contributed by atoms with van der Waals surface area (Å²) < 4.78 is 0. The minimum Gasteiger partial charge on any atom is -0.396 e. The third-order valence-electron chi connectivity index (χ3n) is 4.31. The van der Waals surface area contributed by atoms with Gasteiger partial charge < -0.3 is 15.3 Å². The molecule has 24 heavy (non-hydrogen) atoms. The molecular weight excluding hydrogens is 322 g/mol. The van der Waals surface area contributed by atoms with E-state index in [4.69, 9.17) is 0 Å². The van der Waals surface area contributed by atoms with Gasteiger partial charge in [0.05, 0.1) is 11.6 Å². The minimum atomic E-state index is 0.0467. The van der Waals surface area contributed by atoms with Crippen LogP contribution in [-0.4, -0.2) is 40.6 Å². The molecule has 1 aromatic heterocycles. The second-order valence-corrected chi connectivity index (χ2v) is 7.54. The van der Waals surface area contributed by atoms with E-state index in [1.807, 2.05) is 42.3 Å². The second kappa shape index (κ2) is 7.77. The van der Waals surface area contributed by atoms with Crippen molar-refractivity contribution in [1.29, 1.82) is 0 Å². The molecule has 1 unspecified atom stereocenters. The number of hydrogen-bond donors (Lipinski definition) is 2. The van der Waals surface area contributed by atoms with Gasteiger partial charge in [0.1, 0.15) is 0 Å².